The van der Waals surface area contributed by atoms with Gasteiger partial charge in [0, 0.05) is 17.7 Å². The van der Waals surface area contributed by atoms with Crippen molar-refractivity contribution in [3.63, 3.8) is 0 Å². The molecule has 3 rings (SSSR count). The van der Waals surface area contributed by atoms with Gasteiger partial charge in [0.1, 0.15) is 0 Å². The minimum Gasteiger partial charge on any atom is -0.476 e. The summed E-state index contributed by atoms with van der Waals surface area (Å²) in [6.07, 6.45) is 4.52. The van der Waals surface area contributed by atoms with Crippen LogP contribution in [0.5, 0.6) is 0 Å². The Balaban J connectivity index is 1.82. The highest BCUT2D eigenvalue weighted by Crippen LogP contribution is 2.31. The van der Waals surface area contributed by atoms with E-state index < -0.39 is 31.7 Å². The largest absolute Gasteiger partial charge is 0.476 e. The van der Waals surface area contributed by atoms with Crippen molar-refractivity contribution < 1.29 is 27.9 Å². The number of urea groups is 1. The summed E-state index contributed by atoms with van der Waals surface area (Å²) in [6, 6.07) is 4.35. The van der Waals surface area contributed by atoms with Crippen LogP contribution >= 0.6 is 11.3 Å². The lowest BCUT2D eigenvalue weighted by atomic mass is 9.94. The molecule has 1 aliphatic carbocycles. The van der Waals surface area contributed by atoms with E-state index >= 15 is 0 Å². The number of aryl methyl sites for hydroxylation is 1. The van der Waals surface area contributed by atoms with Crippen LogP contribution in [-0.4, -0.2) is 42.5 Å². The summed E-state index contributed by atoms with van der Waals surface area (Å²) < 4.78 is 23.1. The predicted molar refractivity (Wildman–Crippen MR) is 112 cm³/mol. The Hall–Kier alpha value is -2.79. The van der Waals surface area contributed by atoms with Gasteiger partial charge in [0.15, 0.2) is 30.7 Å². The molecule has 1 saturated carbocycles. The second-order valence-electron chi connectivity index (χ2n) is 7.21. The van der Waals surface area contributed by atoms with E-state index in [1.807, 2.05) is 6.92 Å². The number of aromatic nitrogens is 1. The van der Waals surface area contributed by atoms with Gasteiger partial charge in [-0.25, -0.2) is 23.0 Å². The second kappa shape index (κ2) is 8.52. The summed E-state index contributed by atoms with van der Waals surface area (Å²) in [5.74, 6) is -1.60. The van der Waals surface area contributed by atoms with Crippen LogP contribution in [0.25, 0.3) is 0 Å². The number of hydrogen-bond acceptors (Lipinski definition) is 7. The van der Waals surface area contributed by atoms with Crippen LogP contribution in [0.4, 0.5) is 15.6 Å². The van der Waals surface area contributed by atoms with E-state index in [1.54, 1.807) is 18.2 Å². The molecule has 0 bridgehead atoms. The van der Waals surface area contributed by atoms with Crippen LogP contribution in [0.1, 0.15) is 52.1 Å². The first kappa shape index (κ1) is 21.9. The van der Waals surface area contributed by atoms with Gasteiger partial charge in [-0.2, -0.15) is 0 Å². The fourth-order valence-corrected chi connectivity index (χ4v) is 5.39. The molecule has 0 aliphatic heterocycles. The molecular formula is C19H21N3O6S2. The van der Waals surface area contributed by atoms with Crippen LogP contribution in [0, 0.1) is 12.8 Å². The predicted octanol–water partition coefficient (Wildman–Crippen LogP) is 3.57. The van der Waals surface area contributed by atoms with Crippen LogP contribution in [0.3, 0.4) is 0 Å². The number of anilines is 2. The van der Waals surface area contributed by atoms with E-state index in [4.69, 9.17) is 5.11 Å². The molecule has 0 unspecified atom stereocenters. The number of carbonyl (C=O) groups excluding carboxylic acids is 2. The van der Waals surface area contributed by atoms with E-state index in [1.165, 1.54) is 0 Å². The number of carbonyl (C=O) groups is 3. The molecule has 1 aromatic carbocycles. The molecule has 0 saturated heterocycles. The van der Waals surface area contributed by atoms with E-state index in [9.17, 15) is 22.8 Å². The summed E-state index contributed by atoms with van der Waals surface area (Å²) in [6.45, 7) is 1.85. The number of hydrogen-bond donors (Lipinski definition) is 3. The van der Waals surface area contributed by atoms with Crippen molar-refractivity contribution in [2.24, 2.45) is 5.92 Å². The van der Waals surface area contributed by atoms with Crippen LogP contribution in [0.2, 0.25) is 0 Å². The molecule has 2 aromatic rings. The number of ketones is 1. The molecule has 1 heterocycles. The van der Waals surface area contributed by atoms with Gasteiger partial charge in [0.05, 0.1) is 5.69 Å². The van der Waals surface area contributed by atoms with Gasteiger partial charge < -0.3 is 10.4 Å². The lowest BCUT2D eigenvalue weighted by Gasteiger charge is -2.14. The average molecular weight is 452 g/mol. The molecule has 1 fully saturated rings. The first-order valence-corrected chi connectivity index (χ1v) is 11.9. The molecule has 0 atom stereocenters. The smallest absolute Gasteiger partial charge is 0.356 e. The molecule has 30 heavy (non-hydrogen) atoms. The third-order valence-electron chi connectivity index (χ3n) is 4.77. The zero-order valence-corrected chi connectivity index (χ0v) is 18.0. The van der Waals surface area contributed by atoms with Crippen molar-refractivity contribution in [3.05, 3.63) is 35.0 Å². The number of aromatic carboxylic acids is 1. The maximum atomic E-state index is 12.9. The maximum absolute atomic E-state index is 12.9. The van der Waals surface area contributed by atoms with Crippen LogP contribution in [-0.2, 0) is 9.84 Å². The summed E-state index contributed by atoms with van der Waals surface area (Å²) >= 11 is 0.548. The van der Waals surface area contributed by atoms with E-state index in [2.05, 4.69) is 15.6 Å². The number of nitrogens with zero attached hydrogens (tertiary/aromatic N) is 1. The number of rotatable bonds is 6. The highest BCUT2D eigenvalue weighted by Gasteiger charge is 2.27. The Morgan fingerprint density at radius 2 is 1.83 bits per heavy atom. The number of nitrogens with one attached hydrogen (secondary N) is 2. The number of thiazole rings is 1. The van der Waals surface area contributed by atoms with Crippen LogP contribution < -0.4 is 10.6 Å². The van der Waals surface area contributed by atoms with Crippen molar-refractivity contribution in [2.45, 2.75) is 36.8 Å². The SMILES string of the molecule is Cc1ccc(NC(=O)Nc2nc(C(=O)O)c(S(C)(=O)=O)s2)c(C(=O)C2CCCC2)c1. The lowest BCUT2D eigenvalue weighted by molar-refractivity contribution is 0.0687. The minimum absolute atomic E-state index is 0.0201. The third kappa shape index (κ3) is 4.85. The van der Waals surface area contributed by atoms with Gasteiger partial charge in [0.25, 0.3) is 0 Å². The highest BCUT2D eigenvalue weighted by atomic mass is 32.2. The Bertz CT molecular complexity index is 1120. The van der Waals surface area contributed by atoms with Gasteiger partial charge in [-0.1, -0.05) is 35.8 Å². The Morgan fingerprint density at radius 1 is 1.17 bits per heavy atom. The number of carboxylic acid groups (broad SMARTS) is 1. The Morgan fingerprint density at radius 3 is 2.40 bits per heavy atom. The number of benzene rings is 1. The molecule has 11 heteroatoms. The summed E-state index contributed by atoms with van der Waals surface area (Å²) in [7, 11) is -3.83. The maximum Gasteiger partial charge on any atom is 0.356 e. The molecule has 160 valence electrons. The van der Waals surface area contributed by atoms with Crippen molar-refractivity contribution in [3.8, 4) is 0 Å². The zero-order valence-electron chi connectivity index (χ0n) is 16.4. The van der Waals surface area contributed by atoms with E-state index in [-0.39, 0.29) is 16.8 Å². The highest BCUT2D eigenvalue weighted by molar-refractivity contribution is 7.93. The molecule has 1 aliphatic rings. The molecule has 2 amide bonds. The van der Waals surface area contributed by atoms with E-state index in [0.717, 1.165) is 37.5 Å². The van der Waals surface area contributed by atoms with Gasteiger partial charge in [-0.3, -0.25) is 10.1 Å². The fraction of sp³-hybridized carbons (Fsp3) is 0.368. The van der Waals surface area contributed by atoms with Crippen molar-refractivity contribution >= 4 is 49.8 Å². The third-order valence-corrected chi connectivity index (χ3v) is 7.56. The molecular weight excluding hydrogens is 430 g/mol. The summed E-state index contributed by atoms with van der Waals surface area (Å²) in [4.78, 5) is 40.3. The monoisotopic (exact) mass is 451 g/mol. The topological polar surface area (TPSA) is 143 Å². The first-order chi connectivity index (χ1) is 14.1. The van der Waals surface area contributed by atoms with Gasteiger partial charge in [-0.05, 0) is 31.9 Å². The summed E-state index contributed by atoms with van der Waals surface area (Å²) in [5.41, 5.74) is 0.976. The second-order valence-corrected chi connectivity index (χ2v) is 10.4. The van der Waals surface area contributed by atoms with Crippen molar-refractivity contribution in [2.75, 3.05) is 16.9 Å². The van der Waals surface area contributed by atoms with Crippen LogP contribution in [0.15, 0.2) is 22.4 Å². The molecule has 3 N–H and O–H groups in total. The number of Topliss-reactive ketones (excluding diaryl/α,β-unsaturated/α-hetero) is 1. The summed E-state index contributed by atoms with van der Waals surface area (Å²) in [5, 5.41) is 13.9. The van der Waals surface area contributed by atoms with Gasteiger partial charge in [0.2, 0.25) is 0 Å². The van der Waals surface area contributed by atoms with Gasteiger partial charge >= 0.3 is 12.0 Å². The number of sulfone groups is 1. The fourth-order valence-electron chi connectivity index (χ4n) is 3.38. The zero-order chi connectivity index (χ0) is 22.1. The molecule has 0 spiro atoms. The first-order valence-electron chi connectivity index (χ1n) is 9.23. The lowest BCUT2D eigenvalue weighted by Crippen LogP contribution is -2.22. The molecule has 1 aromatic heterocycles. The standard InChI is InChI=1S/C19H21N3O6S2/c1-10-7-8-13(12(9-10)15(23)11-5-3-4-6-11)20-18(26)22-19-21-14(16(24)25)17(29-19)30(2,27)28/h7-9,11H,3-6H2,1-2H3,(H,24,25)(H2,20,21,22,26). The Kier molecular flexibility index (Phi) is 6.22. The van der Waals surface area contributed by atoms with Crippen molar-refractivity contribution in [1.29, 1.82) is 0 Å². The normalized spacial score (nSPS) is 14.5. The number of carboxylic acids is 1. The molecule has 0 radical (unpaired) electrons. The van der Waals surface area contributed by atoms with Gasteiger partial charge in [-0.15, -0.1) is 0 Å². The Labute approximate surface area is 177 Å². The van der Waals surface area contributed by atoms with Crippen molar-refractivity contribution in [1.82, 2.24) is 4.98 Å². The van der Waals surface area contributed by atoms with E-state index in [0.29, 0.717) is 22.6 Å². The number of amides is 2. The average Bonchev–Trinajstić information content (AvgIpc) is 3.32. The minimum atomic E-state index is -3.83. The quantitative estimate of drug-likeness (QED) is 0.570. The molecule has 9 nitrogen and oxygen atoms in total.